The van der Waals surface area contributed by atoms with Gasteiger partial charge in [-0.25, -0.2) is 4.79 Å². The molecule has 1 aliphatic carbocycles. The van der Waals surface area contributed by atoms with Crippen molar-refractivity contribution in [2.75, 3.05) is 0 Å². The van der Waals surface area contributed by atoms with Crippen molar-refractivity contribution in [2.24, 2.45) is 0 Å². The zero-order chi connectivity index (χ0) is 27.2. The Labute approximate surface area is 230 Å². The van der Waals surface area contributed by atoms with Crippen molar-refractivity contribution in [2.45, 2.75) is 77.6 Å². The van der Waals surface area contributed by atoms with Gasteiger partial charge >= 0.3 is 5.97 Å². The Balaban J connectivity index is 1.24. The molecular formula is C35H36O4. The highest BCUT2D eigenvalue weighted by molar-refractivity contribution is 6.55. The maximum atomic E-state index is 12.9. The van der Waals surface area contributed by atoms with E-state index in [4.69, 9.17) is 4.74 Å². The van der Waals surface area contributed by atoms with Gasteiger partial charge in [0.05, 0.1) is 11.1 Å². The third kappa shape index (κ3) is 5.80. The number of Topliss-reactive ketones (excluding diaryl/α,β-unsaturated/α-hetero) is 2. The van der Waals surface area contributed by atoms with Gasteiger partial charge in [0.15, 0.2) is 11.6 Å². The lowest BCUT2D eigenvalue weighted by atomic mass is 9.99. The van der Waals surface area contributed by atoms with Crippen LogP contribution in [0.1, 0.15) is 103 Å². The van der Waals surface area contributed by atoms with Gasteiger partial charge in [-0.1, -0.05) is 119 Å². The third-order valence-corrected chi connectivity index (χ3v) is 7.88. The van der Waals surface area contributed by atoms with E-state index in [0.717, 1.165) is 12.0 Å². The second-order valence-corrected chi connectivity index (χ2v) is 10.7. The Morgan fingerprint density at radius 3 is 1.82 bits per heavy atom. The number of ether oxygens (including phenoxy) is 1. The quantitative estimate of drug-likeness (QED) is 0.155. The van der Waals surface area contributed by atoms with Crippen molar-refractivity contribution < 1.29 is 19.1 Å². The van der Waals surface area contributed by atoms with Crippen LogP contribution in [-0.4, -0.2) is 17.5 Å². The van der Waals surface area contributed by atoms with E-state index >= 15 is 0 Å². The van der Waals surface area contributed by atoms with Crippen molar-refractivity contribution in [3.05, 3.63) is 99.4 Å². The van der Waals surface area contributed by atoms with Gasteiger partial charge in [-0.15, -0.1) is 0 Å². The summed E-state index contributed by atoms with van der Waals surface area (Å²) in [6.45, 7) is 2.26. The zero-order valence-corrected chi connectivity index (χ0v) is 22.8. The third-order valence-electron chi connectivity index (χ3n) is 7.88. The van der Waals surface area contributed by atoms with Crippen LogP contribution in [0.15, 0.2) is 66.7 Å². The summed E-state index contributed by atoms with van der Waals surface area (Å²) in [5, 5.41) is 1.16. The normalized spacial score (nSPS) is 14.1. The highest BCUT2D eigenvalue weighted by atomic mass is 16.5. The fourth-order valence-corrected chi connectivity index (χ4v) is 5.67. The number of unbranched alkanes of at least 4 members (excludes halogenated alkanes) is 9. The number of hydrogen-bond donors (Lipinski definition) is 0. The fourth-order valence-electron chi connectivity index (χ4n) is 5.67. The SMILES string of the molecule is CCCCCCCCCCCCc1ccc(C2=c3ccc(=C4C(=O)c5ccccc5C4=O)cc3OC2=O)cc1. The fraction of sp³-hybridized carbons (Fsp3) is 0.343. The van der Waals surface area contributed by atoms with E-state index in [0.29, 0.717) is 32.9 Å². The maximum absolute atomic E-state index is 12.9. The Morgan fingerprint density at radius 2 is 1.21 bits per heavy atom. The molecule has 200 valence electrons. The first-order chi connectivity index (χ1) is 19.1. The van der Waals surface area contributed by atoms with Gasteiger partial charge in [0.1, 0.15) is 5.75 Å². The molecule has 1 aliphatic heterocycles. The molecule has 0 amide bonds. The lowest BCUT2D eigenvalue weighted by Gasteiger charge is -2.05. The van der Waals surface area contributed by atoms with Crippen molar-refractivity contribution in [1.82, 2.24) is 0 Å². The Kier molecular flexibility index (Phi) is 8.51. The van der Waals surface area contributed by atoms with Crippen LogP contribution in [0.2, 0.25) is 0 Å². The molecular weight excluding hydrogens is 484 g/mol. The number of carbonyl (C=O) groups is 3. The van der Waals surface area contributed by atoms with E-state index in [-0.39, 0.29) is 17.1 Å². The molecule has 2 aliphatic rings. The van der Waals surface area contributed by atoms with Crippen LogP contribution in [0, 0.1) is 0 Å². The Morgan fingerprint density at radius 1 is 0.615 bits per heavy atom. The Bertz CT molecular complexity index is 1470. The summed E-state index contributed by atoms with van der Waals surface area (Å²) in [6, 6.07) is 20.2. The van der Waals surface area contributed by atoms with Crippen molar-refractivity contribution in [3.8, 4) is 5.75 Å². The van der Waals surface area contributed by atoms with Gasteiger partial charge in [-0.2, -0.15) is 0 Å². The van der Waals surface area contributed by atoms with Crippen LogP contribution >= 0.6 is 0 Å². The number of fused-ring (bicyclic) bond motifs is 2. The molecule has 0 saturated heterocycles. The summed E-state index contributed by atoms with van der Waals surface area (Å²) in [5.41, 5.74) is 3.56. The molecule has 0 unspecified atom stereocenters. The number of hydrogen-bond acceptors (Lipinski definition) is 4. The number of ketones is 2. The molecule has 0 aromatic heterocycles. The van der Waals surface area contributed by atoms with Gasteiger partial charge in [0.2, 0.25) is 0 Å². The molecule has 0 spiro atoms. The van der Waals surface area contributed by atoms with E-state index in [1.165, 1.54) is 69.8 Å². The standard InChI is InChI=1S/C35H36O4/c1-2-3-4-5-6-7-8-9-10-11-14-24-17-19-25(20-18-24)31-29-22-21-26(23-30(29)39-35(31)38)32-33(36)27-15-12-13-16-28(27)34(32)37/h12-13,15-23H,2-11,14H2,1H3. The van der Waals surface area contributed by atoms with Crippen LogP contribution in [0.4, 0.5) is 0 Å². The second kappa shape index (κ2) is 12.4. The highest BCUT2D eigenvalue weighted by Crippen LogP contribution is 2.27. The Hall–Kier alpha value is -3.79. The van der Waals surface area contributed by atoms with Crippen LogP contribution in [0.5, 0.6) is 5.75 Å². The van der Waals surface area contributed by atoms with Crippen molar-refractivity contribution in [3.63, 3.8) is 0 Å². The number of rotatable bonds is 12. The number of carbonyl (C=O) groups excluding carboxylic acids is 3. The molecule has 4 nitrogen and oxygen atoms in total. The van der Waals surface area contributed by atoms with Gasteiger partial charge in [-0.05, 0) is 41.3 Å². The van der Waals surface area contributed by atoms with E-state index in [9.17, 15) is 14.4 Å². The minimum Gasteiger partial charge on any atom is -0.422 e. The molecule has 0 radical (unpaired) electrons. The lowest BCUT2D eigenvalue weighted by Crippen LogP contribution is -2.17. The summed E-state index contributed by atoms with van der Waals surface area (Å²) >= 11 is 0. The molecule has 0 saturated carbocycles. The minimum absolute atomic E-state index is 0.125. The van der Waals surface area contributed by atoms with Crippen molar-refractivity contribution >= 4 is 28.7 Å². The van der Waals surface area contributed by atoms with E-state index in [1.807, 2.05) is 12.1 Å². The monoisotopic (exact) mass is 520 g/mol. The summed E-state index contributed by atoms with van der Waals surface area (Å²) < 4.78 is 5.58. The number of esters is 1. The van der Waals surface area contributed by atoms with Crippen LogP contribution in [0.25, 0.3) is 11.1 Å². The smallest absolute Gasteiger partial charge is 0.344 e. The predicted octanol–water partition coefficient (Wildman–Crippen LogP) is 6.50. The molecule has 3 aromatic rings. The molecule has 0 fully saturated rings. The lowest BCUT2D eigenvalue weighted by molar-refractivity contribution is -0.127. The summed E-state index contributed by atoms with van der Waals surface area (Å²) in [6.07, 6.45) is 14.3. The number of aryl methyl sites for hydroxylation is 1. The van der Waals surface area contributed by atoms with E-state index in [2.05, 4.69) is 19.1 Å². The van der Waals surface area contributed by atoms with Crippen LogP contribution in [0.3, 0.4) is 0 Å². The first-order valence-corrected chi connectivity index (χ1v) is 14.5. The predicted molar refractivity (Wildman–Crippen MR) is 154 cm³/mol. The van der Waals surface area contributed by atoms with Crippen LogP contribution in [-0.2, 0) is 11.2 Å². The highest BCUT2D eigenvalue weighted by Gasteiger charge is 2.33. The average Bonchev–Trinajstić information content (AvgIpc) is 3.42. The minimum atomic E-state index is -0.415. The van der Waals surface area contributed by atoms with Gasteiger partial charge < -0.3 is 4.74 Å². The van der Waals surface area contributed by atoms with Gasteiger partial charge in [-0.3, -0.25) is 9.59 Å². The molecule has 0 atom stereocenters. The molecule has 4 heteroatoms. The first kappa shape index (κ1) is 26.8. The molecule has 0 N–H and O–H groups in total. The zero-order valence-electron chi connectivity index (χ0n) is 22.8. The number of benzene rings is 3. The molecule has 1 heterocycles. The van der Waals surface area contributed by atoms with Gasteiger partial charge in [0, 0.05) is 16.3 Å². The van der Waals surface area contributed by atoms with Crippen LogP contribution < -0.4 is 15.2 Å². The average molecular weight is 521 g/mol. The van der Waals surface area contributed by atoms with E-state index < -0.39 is 5.97 Å². The largest absolute Gasteiger partial charge is 0.422 e. The molecule has 3 aromatic carbocycles. The van der Waals surface area contributed by atoms with Gasteiger partial charge in [0.25, 0.3) is 0 Å². The molecule has 39 heavy (non-hydrogen) atoms. The van der Waals surface area contributed by atoms with Crippen molar-refractivity contribution in [1.29, 1.82) is 0 Å². The molecule has 5 rings (SSSR count). The summed E-state index contributed by atoms with van der Waals surface area (Å²) in [7, 11) is 0. The maximum Gasteiger partial charge on any atom is 0.344 e. The molecule has 0 bridgehead atoms. The summed E-state index contributed by atoms with van der Waals surface area (Å²) in [5.74, 6) is -0.614. The van der Waals surface area contributed by atoms with E-state index in [1.54, 1.807) is 42.5 Å². The second-order valence-electron chi connectivity index (χ2n) is 10.7. The summed E-state index contributed by atoms with van der Waals surface area (Å²) in [4.78, 5) is 38.6. The first-order valence-electron chi connectivity index (χ1n) is 14.5. The topological polar surface area (TPSA) is 60.4 Å².